The number of β-amino-alcohol motifs (C(OH)–C–C–N with tert-alkyl or cyclic N) is 1. The molecule has 21 heavy (non-hydrogen) atoms. The second-order valence-corrected chi connectivity index (χ2v) is 6.21. The molecule has 0 aromatic heterocycles. The Labute approximate surface area is 128 Å². The topological polar surface area (TPSA) is 32.7 Å². The fraction of sp³-hybridized carbons (Fsp3) is 0.667. The van der Waals surface area contributed by atoms with Crippen LogP contribution >= 0.6 is 0 Å². The first kappa shape index (κ1) is 16.5. The van der Waals surface area contributed by atoms with E-state index < -0.39 is 0 Å². The molecule has 118 valence electrons. The van der Waals surface area contributed by atoms with Gasteiger partial charge in [0.25, 0.3) is 0 Å². The van der Waals surface area contributed by atoms with Crippen LogP contribution in [0.25, 0.3) is 0 Å². The molecule has 2 rings (SSSR count). The summed E-state index contributed by atoms with van der Waals surface area (Å²) in [6.07, 6.45) is 4.26. The van der Waals surface area contributed by atoms with E-state index in [1.54, 1.807) is 7.11 Å². The molecular weight excluding hydrogens is 262 g/mol. The molecule has 0 radical (unpaired) electrons. The number of aliphatic hydroxyl groups excluding tert-OH is 1. The molecule has 0 amide bonds. The van der Waals surface area contributed by atoms with Gasteiger partial charge in [-0.3, -0.25) is 0 Å². The number of rotatable bonds is 7. The van der Waals surface area contributed by atoms with Crippen molar-refractivity contribution in [3.8, 4) is 0 Å². The van der Waals surface area contributed by atoms with E-state index in [1.807, 2.05) is 0 Å². The number of hydrogen-bond acceptors (Lipinski definition) is 3. The Morgan fingerprint density at radius 2 is 1.90 bits per heavy atom. The van der Waals surface area contributed by atoms with Gasteiger partial charge in [-0.25, -0.2) is 0 Å². The van der Waals surface area contributed by atoms with Gasteiger partial charge >= 0.3 is 0 Å². The third kappa shape index (κ3) is 5.10. The fourth-order valence-corrected chi connectivity index (χ4v) is 3.12. The summed E-state index contributed by atoms with van der Waals surface area (Å²) in [6.45, 7) is 5.94. The number of hydrogen-bond donors (Lipinski definition) is 1. The Morgan fingerprint density at radius 3 is 2.48 bits per heavy atom. The number of aliphatic hydroxyl groups is 1. The standard InChI is InChI=1S/C18H29NO2/c1-3-4-15-5-7-17(8-6-15)18(20)13-19-11-9-16(10-12-19)14-21-2/h5-8,16,18,20H,3-4,9-14H2,1-2H3. The van der Waals surface area contributed by atoms with Gasteiger partial charge in [0.2, 0.25) is 0 Å². The maximum atomic E-state index is 10.4. The van der Waals surface area contributed by atoms with Crippen molar-refractivity contribution in [2.75, 3.05) is 33.4 Å². The molecule has 1 aliphatic heterocycles. The van der Waals surface area contributed by atoms with Crippen LogP contribution in [0.4, 0.5) is 0 Å². The van der Waals surface area contributed by atoms with Crippen LogP contribution in [0.15, 0.2) is 24.3 Å². The highest BCUT2D eigenvalue weighted by atomic mass is 16.5. The Balaban J connectivity index is 1.80. The van der Waals surface area contributed by atoms with Crippen LogP contribution in [-0.4, -0.2) is 43.4 Å². The minimum absolute atomic E-state index is 0.375. The highest BCUT2D eigenvalue weighted by Gasteiger charge is 2.21. The molecule has 0 saturated carbocycles. The van der Waals surface area contributed by atoms with Crippen molar-refractivity contribution in [1.82, 2.24) is 4.90 Å². The molecule has 3 heteroatoms. The van der Waals surface area contributed by atoms with E-state index in [2.05, 4.69) is 36.1 Å². The lowest BCUT2D eigenvalue weighted by atomic mass is 9.97. The number of piperidine rings is 1. The van der Waals surface area contributed by atoms with E-state index in [0.29, 0.717) is 5.92 Å². The Morgan fingerprint density at radius 1 is 1.24 bits per heavy atom. The number of aryl methyl sites for hydroxylation is 1. The summed E-state index contributed by atoms with van der Waals surface area (Å²) in [6, 6.07) is 8.44. The second kappa shape index (κ2) is 8.52. The third-order valence-corrected chi connectivity index (χ3v) is 4.44. The molecular formula is C18H29NO2. The number of ether oxygens (including phenoxy) is 1. The highest BCUT2D eigenvalue weighted by molar-refractivity contribution is 5.24. The average molecular weight is 291 g/mol. The van der Waals surface area contributed by atoms with E-state index >= 15 is 0 Å². The smallest absolute Gasteiger partial charge is 0.0916 e. The number of benzene rings is 1. The van der Waals surface area contributed by atoms with Gasteiger partial charge in [-0.2, -0.15) is 0 Å². The first-order valence-corrected chi connectivity index (χ1v) is 8.21. The zero-order valence-electron chi connectivity index (χ0n) is 13.4. The van der Waals surface area contributed by atoms with E-state index in [-0.39, 0.29) is 6.10 Å². The number of likely N-dealkylation sites (tertiary alicyclic amines) is 1. The Hall–Kier alpha value is -0.900. The van der Waals surface area contributed by atoms with Crippen LogP contribution in [0.5, 0.6) is 0 Å². The Bertz CT molecular complexity index is 396. The summed E-state index contributed by atoms with van der Waals surface area (Å²) in [7, 11) is 1.78. The molecule has 1 heterocycles. The molecule has 0 bridgehead atoms. The minimum Gasteiger partial charge on any atom is -0.387 e. The van der Waals surface area contributed by atoms with Gasteiger partial charge in [-0.05, 0) is 49.4 Å². The van der Waals surface area contributed by atoms with Crippen molar-refractivity contribution in [3.05, 3.63) is 35.4 Å². The molecule has 0 spiro atoms. The van der Waals surface area contributed by atoms with Crippen molar-refractivity contribution in [2.24, 2.45) is 5.92 Å². The third-order valence-electron chi connectivity index (χ3n) is 4.44. The summed E-state index contributed by atoms with van der Waals surface area (Å²) < 4.78 is 5.23. The largest absolute Gasteiger partial charge is 0.387 e. The molecule has 1 aliphatic rings. The van der Waals surface area contributed by atoms with Crippen LogP contribution in [0.1, 0.15) is 43.4 Å². The molecule has 1 fully saturated rings. The molecule has 1 aromatic carbocycles. The SMILES string of the molecule is CCCc1ccc(C(O)CN2CCC(COC)CC2)cc1. The quantitative estimate of drug-likeness (QED) is 0.838. The van der Waals surface area contributed by atoms with Gasteiger partial charge in [-0.15, -0.1) is 0 Å². The number of nitrogens with zero attached hydrogens (tertiary/aromatic N) is 1. The van der Waals surface area contributed by atoms with Crippen molar-refractivity contribution in [2.45, 2.75) is 38.7 Å². The van der Waals surface area contributed by atoms with E-state index in [0.717, 1.165) is 44.6 Å². The second-order valence-electron chi connectivity index (χ2n) is 6.21. The predicted molar refractivity (Wildman–Crippen MR) is 86.4 cm³/mol. The van der Waals surface area contributed by atoms with Gasteiger partial charge in [0.15, 0.2) is 0 Å². The predicted octanol–water partition coefficient (Wildman–Crippen LogP) is 3.03. The first-order chi connectivity index (χ1) is 10.2. The van der Waals surface area contributed by atoms with Crippen molar-refractivity contribution in [1.29, 1.82) is 0 Å². The highest BCUT2D eigenvalue weighted by Crippen LogP contribution is 2.21. The molecule has 0 aliphatic carbocycles. The molecule has 1 atom stereocenters. The number of methoxy groups -OCH3 is 1. The van der Waals surface area contributed by atoms with Crippen LogP contribution in [0, 0.1) is 5.92 Å². The lowest BCUT2D eigenvalue weighted by Crippen LogP contribution is -2.37. The molecule has 1 aromatic rings. The summed E-state index contributed by atoms with van der Waals surface area (Å²) in [5, 5.41) is 10.4. The lowest BCUT2D eigenvalue weighted by molar-refractivity contribution is 0.0656. The van der Waals surface area contributed by atoms with Gasteiger partial charge in [0, 0.05) is 20.3 Å². The van der Waals surface area contributed by atoms with Gasteiger partial charge < -0.3 is 14.7 Å². The summed E-state index contributed by atoms with van der Waals surface area (Å²) in [4.78, 5) is 2.37. The van der Waals surface area contributed by atoms with Crippen LogP contribution in [-0.2, 0) is 11.2 Å². The van der Waals surface area contributed by atoms with Gasteiger partial charge in [0.05, 0.1) is 6.10 Å². The maximum Gasteiger partial charge on any atom is 0.0916 e. The molecule has 1 N–H and O–H groups in total. The summed E-state index contributed by atoms with van der Waals surface area (Å²) in [5.74, 6) is 0.691. The molecule has 1 unspecified atom stereocenters. The van der Waals surface area contributed by atoms with Crippen molar-refractivity contribution < 1.29 is 9.84 Å². The fourth-order valence-electron chi connectivity index (χ4n) is 3.12. The van der Waals surface area contributed by atoms with E-state index in [1.165, 1.54) is 18.4 Å². The normalized spacial score (nSPS) is 18.8. The van der Waals surface area contributed by atoms with Crippen LogP contribution in [0.2, 0.25) is 0 Å². The molecule has 3 nitrogen and oxygen atoms in total. The van der Waals surface area contributed by atoms with Crippen molar-refractivity contribution >= 4 is 0 Å². The monoisotopic (exact) mass is 291 g/mol. The first-order valence-electron chi connectivity index (χ1n) is 8.21. The summed E-state index contributed by atoms with van der Waals surface area (Å²) in [5.41, 5.74) is 2.39. The van der Waals surface area contributed by atoms with E-state index in [9.17, 15) is 5.11 Å². The average Bonchev–Trinajstić information content (AvgIpc) is 2.50. The lowest BCUT2D eigenvalue weighted by Gasteiger charge is -2.32. The van der Waals surface area contributed by atoms with Crippen molar-refractivity contribution in [3.63, 3.8) is 0 Å². The van der Waals surface area contributed by atoms with Crippen LogP contribution in [0.3, 0.4) is 0 Å². The zero-order valence-corrected chi connectivity index (χ0v) is 13.4. The minimum atomic E-state index is -0.375. The maximum absolute atomic E-state index is 10.4. The van der Waals surface area contributed by atoms with E-state index in [4.69, 9.17) is 4.74 Å². The Kier molecular flexibility index (Phi) is 6.68. The van der Waals surface area contributed by atoms with Gasteiger partial charge in [0.1, 0.15) is 0 Å². The summed E-state index contributed by atoms with van der Waals surface area (Å²) >= 11 is 0. The van der Waals surface area contributed by atoms with Gasteiger partial charge in [-0.1, -0.05) is 37.6 Å². The molecule has 1 saturated heterocycles. The zero-order chi connectivity index (χ0) is 15.1. The van der Waals surface area contributed by atoms with Crippen LogP contribution < -0.4 is 0 Å².